The van der Waals surface area contributed by atoms with Gasteiger partial charge in [0.1, 0.15) is 0 Å². The molecule has 0 bridgehead atoms. The summed E-state index contributed by atoms with van der Waals surface area (Å²) in [6, 6.07) is 1.69. The van der Waals surface area contributed by atoms with Gasteiger partial charge in [0, 0.05) is 0 Å². The van der Waals surface area contributed by atoms with E-state index in [0.29, 0.717) is 9.90 Å². The standard InChI is InChI=1S/C6H4Cl2OS/c7-3-5(9)6-4(8)1-2-10-6/h1-2H,3H2. The molecule has 0 radical (unpaired) electrons. The Morgan fingerprint density at radius 2 is 2.40 bits per heavy atom. The summed E-state index contributed by atoms with van der Waals surface area (Å²) >= 11 is 12.3. The molecule has 54 valence electrons. The maximum absolute atomic E-state index is 10.9. The Bertz CT molecular complexity index is 244. The fraction of sp³-hybridized carbons (Fsp3) is 0.167. The first-order valence-electron chi connectivity index (χ1n) is 2.58. The number of ketones is 1. The lowest BCUT2D eigenvalue weighted by molar-refractivity contribution is 0.102. The van der Waals surface area contributed by atoms with Crippen LogP contribution in [0.4, 0.5) is 0 Å². The summed E-state index contributed by atoms with van der Waals surface area (Å²) in [5, 5.41) is 2.26. The number of carbonyl (C=O) groups is 1. The van der Waals surface area contributed by atoms with Gasteiger partial charge in [0.15, 0.2) is 5.78 Å². The lowest BCUT2D eigenvalue weighted by atomic mass is 10.3. The van der Waals surface area contributed by atoms with E-state index >= 15 is 0 Å². The Balaban J connectivity index is 2.93. The van der Waals surface area contributed by atoms with Crippen molar-refractivity contribution in [3.8, 4) is 0 Å². The number of alkyl halides is 1. The van der Waals surface area contributed by atoms with E-state index in [1.54, 1.807) is 11.4 Å². The van der Waals surface area contributed by atoms with Crippen molar-refractivity contribution in [3.63, 3.8) is 0 Å². The van der Waals surface area contributed by atoms with Crippen LogP contribution < -0.4 is 0 Å². The number of thiophene rings is 1. The number of halogens is 2. The van der Waals surface area contributed by atoms with Crippen LogP contribution in [-0.4, -0.2) is 11.7 Å². The molecular formula is C6H4Cl2OS. The highest BCUT2D eigenvalue weighted by atomic mass is 35.5. The first kappa shape index (κ1) is 8.05. The van der Waals surface area contributed by atoms with Crippen LogP contribution in [0.5, 0.6) is 0 Å². The summed E-state index contributed by atoms with van der Waals surface area (Å²) in [7, 11) is 0. The fourth-order valence-electron chi connectivity index (χ4n) is 0.553. The van der Waals surface area contributed by atoms with Crippen LogP contribution in [-0.2, 0) is 0 Å². The number of carbonyl (C=O) groups excluding carboxylic acids is 1. The molecule has 0 N–H and O–H groups in total. The molecular weight excluding hydrogens is 191 g/mol. The Labute approximate surface area is 72.6 Å². The maximum Gasteiger partial charge on any atom is 0.188 e. The second-order valence-electron chi connectivity index (χ2n) is 1.65. The Kier molecular flexibility index (Phi) is 2.72. The molecule has 1 aromatic rings. The van der Waals surface area contributed by atoms with Gasteiger partial charge >= 0.3 is 0 Å². The van der Waals surface area contributed by atoms with Crippen LogP contribution in [0.2, 0.25) is 5.02 Å². The molecule has 0 aliphatic carbocycles. The monoisotopic (exact) mass is 194 g/mol. The van der Waals surface area contributed by atoms with E-state index in [9.17, 15) is 4.79 Å². The van der Waals surface area contributed by atoms with E-state index in [0.717, 1.165) is 0 Å². The van der Waals surface area contributed by atoms with Crippen molar-refractivity contribution in [1.82, 2.24) is 0 Å². The predicted octanol–water partition coefficient (Wildman–Crippen LogP) is 2.82. The van der Waals surface area contributed by atoms with E-state index in [4.69, 9.17) is 23.2 Å². The molecule has 0 saturated heterocycles. The summed E-state index contributed by atoms with van der Waals surface area (Å²) in [5.41, 5.74) is 0. The van der Waals surface area contributed by atoms with Crippen molar-refractivity contribution in [1.29, 1.82) is 0 Å². The van der Waals surface area contributed by atoms with Crippen molar-refractivity contribution in [3.05, 3.63) is 21.3 Å². The van der Waals surface area contributed by atoms with Crippen molar-refractivity contribution in [2.45, 2.75) is 0 Å². The second-order valence-corrected chi connectivity index (χ2v) is 3.25. The smallest absolute Gasteiger partial charge is 0.188 e. The molecule has 0 aliphatic rings. The summed E-state index contributed by atoms with van der Waals surface area (Å²) in [4.78, 5) is 11.4. The van der Waals surface area contributed by atoms with E-state index in [2.05, 4.69) is 0 Å². The molecule has 0 unspecified atom stereocenters. The molecule has 0 amide bonds. The first-order valence-corrected chi connectivity index (χ1v) is 4.37. The van der Waals surface area contributed by atoms with Gasteiger partial charge in [-0.2, -0.15) is 0 Å². The maximum atomic E-state index is 10.9. The minimum Gasteiger partial charge on any atom is -0.292 e. The zero-order valence-electron chi connectivity index (χ0n) is 4.93. The third-order valence-corrected chi connectivity index (χ3v) is 2.62. The molecule has 0 spiro atoms. The van der Waals surface area contributed by atoms with E-state index < -0.39 is 0 Å². The molecule has 0 aliphatic heterocycles. The average Bonchev–Trinajstić information content (AvgIpc) is 2.34. The summed E-state index contributed by atoms with van der Waals surface area (Å²) in [6.07, 6.45) is 0. The van der Waals surface area contributed by atoms with E-state index in [1.807, 2.05) is 0 Å². The zero-order chi connectivity index (χ0) is 7.56. The van der Waals surface area contributed by atoms with Gasteiger partial charge < -0.3 is 0 Å². The topological polar surface area (TPSA) is 17.1 Å². The van der Waals surface area contributed by atoms with Gasteiger partial charge in [-0.05, 0) is 11.4 Å². The lowest BCUT2D eigenvalue weighted by Gasteiger charge is -1.89. The lowest BCUT2D eigenvalue weighted by Crippen LogP contribution is -1.96. The molecule has 0 fully saturated rings. The minimum atomic E-state index is -0.110. The van der Waals surface area contributed by atoms with Gasteiger partial charge in [-0.1, -0.05) is 11.6 Å². The van der Waals surface area contributed by atoms with Crippen molar-refractivity contribution < 1.29 is 4.79 Å². The molecule has 0 aromatic carbocycles. The molecule has 4 heteroatoms. The van der Waals surface area contributed by atoms with Gasteiger partial charge in [-0.3, -0.25) is 4.79 Å². The quantitative estimate of drug-likeness (QED) is 0.523. The van der Waals surface area contributed by atoms with Crippen LogP contribution in [0.15, 0.2) is 11.4 Å². The Morgan fingerprint density at radius 1 is 1.70 bits per heavy atom. The molecule has 10 heavy (non-hydrogen) atoms. The molecule has 1 nitrogen and oxygen atoms in total. The number of hydrogen-bond donors (Lipinski definition) is 0. The van der Waals surface area contributed by atoms with Crippen LogP contribution >= 0.6 is 34.5 Å². The largest absolute Gasteiger partial charge is 0.292 e. The van der Waals surface area contributed by atoms with Crippen molar-refractivity contribution >= 4 is 40.3 Å². The minimum absolute atomic E-state index is 0.000231. The highest BCUT2D eigenvalue weighted by Crippen LogP contribution is 2.22. The number of hydrogen-bond acceptors (Lipinski definition) is 2. The van der Waals surface area contributed by atoms with Crippen LogP contribution in [0, 0.1) is 0 Å². The zero-order valence-corrected chi connectivity index (χ0v) is 7.26. The average molecular weight is 195 g/mol. The SMILES string of the molecule is O=C(CCl)c1sccc1Cl. The summed E-state index contributed by atoms with van der Waals surface area (Å²) < 4.78 is 0. The Hall–Kier alpha value is -0.0500. The second kappa shape index (κ2) is 3.37. The summed E-state index contributed by atoms with van der Waals surface area (Å²) in [6.45, 7) is 0. The van der Waals surface area contributed by atoms with Gasteiger partial charge in [-0.25, -0.2) is 0 Å². The van der Waals surface area contributed by atoms with Crippen molar-refractivity contribution in [2.75, 3.05) is 5.88 Å². The van der Waals surface area contributed by atoms with Crippen LogP contribution in [0.1, 0.15) is 9.67 Å². The molecule has 0 saturated carbocycles. The van der Waals surface area contributed by atoms with E-state index in [-0.39, 0.29) is 11.7 Å². The molecule has 1 heterocycles. The summed E-state index contributed by atoms with van der Waals surface area (Å²) in [5.74, 6) is -0.109. The highest BCUT2D eigenvalue weighted by molar-refractivity contribution is 7.12. The van der Waals surface area contributed by atoms with Gasteiger partial charge in [0.25, 0.3) is 0 Å². The van der Waals surface area contributed by atoms with Crippen LogP contribution in [0.3, 0.4) is 0 Å². The van der Waals surface area contributed by atoms with Gasteiger partial charge in [0.05, 0.1) is 15.8 Å². The molecule has 0 atom stereocenters. The first-order chi connectivity index (χ1) is 4.75. The number of Topliss-reactive ketones (excluding diaryl/α,β-unsaturated/α-hetero) is 1. The number of rotatable bonds is 2. The highest BCUT2D eigenvalue weighted by Gasteiger charge is 2.09. The third kappa shape index (κ3) is 1.51. The van der Waals surface area contributed by atoms with Gasteiger partial charge in [0.2, 0.25) is 0 Å². The van der Waals surface area contributed by atoms with Gasteiger partial charge in [-0.15, -0.1) is 22.9 Å². The molecule has 1 rings (SSSR count). The molecule has 1 aromatic heterocycles. The van der Waals surface area contributed by atoms with Crippen molar-refractivity contribution in [2.24, 2.45) is 0 Å². The predicted molar refractivity (Wildman–Crippen MR) is 44.4 cm³/mol. The Morgan fingerprint density at radius 3 is 2.80 bits per heavy atom. The van der Waals surface area contributed by atoms with E-state index in [1.165, 1.54) is 11.3 Å². The fourth-order valence-corrected chi connectivity index (χ4v) is 1.87. The normalized spacial score (nSPS) is 9.80. The third-order valence-electron chi connectivity index (χ3n) is 0.992. The van der Waals surface area contributed by atoms with Crippen LogP contribution in [0.25, 0.3) is 0 Å².